The molecule has 3 N–H and O–H groups in total. The number of rotatable bonds is 5. The van der Waals surface area contributed by atoms with Gasteiger partial charge in [0, 0.05) is 32.2 Å². The number of benzene rings is 1. The van der Waals surface area contributed by atoms with Gasteiger partial charge < -0.3 is 16.0 Å². The standard InChI is InChI=1S/C16H26N4O/c1-4-20-9-5-6-13(20)11-18-16(21)12-7-8-15(19(2)3)14(17)10-12/h7-8,10,13H,4-6,9,11,17H2,1-3H3,(H,18,21). The van der Waals surface area contributed by atoms with Gasteiger partial charge in [-0.05, 0) is 44.1 Å². The smallest absolute Gasteiger partial charge is 0.251 e. The van der Waals surface area contributed by atoms with Gasteiger partial charge in [0.2, 0.25) is 0 Å². The van der Waals surface area contributed by atoms with Crippen LogP contribution in [0, 0.1) is 0 Å². The molecule has 0 spiro atoms. The van der Waals surface area contributed by atoms with Crippen molar-refractivity contribution in [2.45, 2.75) is 25.8 Å². The molecule has 1 saturated heterocycles. The van der Waals surface area contributed by atoms with Crippen LogP contribution in [-0.4, -0.2) is 50.6 Å². The molecule has 1 aromatic rings. The highest BCUT2D eigenvalue weighted by atomic mass is 16.1. The second-order valence-electron chi connectivity index (χ2n) is 5.80. The van der Waals surface area contributed by atoms with E-state index in [2.05, 4.69) is 17.1 Å². The number of nitrogens with one attached hydrogen (secondary N) is 1. The van der Waals surface area contributed by atoms with Gasteiger partial charge in [0.25, 0.3) is 5.91 Å². The van der Waals surface area contributed by atoms with Crippen molar-refractivity contribution in [3.63, 3.8) is 0 Å². The minimum absolute atomic E-state index is 0.0463. The van der Waals surface area contributed by atoms with Gasteiger partial charge >= 0.3 is 0 Å². The monoisotopic (exact) mass is 290 g/mol. The number of likely N-dealkylation sites (N-methyl/N-ethyl adjacent to an activating group) is 1. The number of hydrogen-bond donors (Lipinski definition) is 2. The molecule has 1 unspecified atom stereocenters. The second kappa shape index (κ2) is 6.80. The van der Waals surface area contributed by atoms with Crippen LogP contribution in [0.15, 0.2) is 18.2 Å². The Morgan fingerprint density at radius 2 is 2.24 bits per heavy atom. The van der Waals surface area contributed by atoms with E-state index in [4.69, 9.17) is 5.73 Å². The molecule has 1 atom stereocenters. The van der Waals surface area contributed by atoms with E-state index in [1.54, 1.807) is 6.07 Å². The molecular formula is C16H26N4O. The molecule has 0 aromatic heterocycles. The Labute approximate surface area is 127 Å². The molecule has 116 valence electrons. The molecular weight excluding hydrogens is 264 g/mol. The van der Waals surface area contributed by atoms with Gasteiger partial charge in [-0.3, -0.25) is 9.69 Å². The fraction of sp³-hybridized carbons (Fsp3) is 0.562. The average Bonchev–Trinajstić information content (AvgIpc) is 2.91. The molecule has 1 aliphatic rings. The fourth-order valence-electron chi connectivity index (χ4n) is 2.96. The van der Waals surface area contributed by atoms with Gasteiger partial charge in [-0.1, -0.05) is 6.92 Å². The van der Waals surface area contributed by atoms with Crippen molar-refractivity contribution >= 4 is 17.3 Å². The van der Waals surface area contributed by atoms with Crippen LogP contribution < -0.4 is 16.0 Å². The summed E-state index contributed by atoms with van der Waals surface area (Å²) in [6.45, 7) is 5.06. The zero-order chi connectivity index (χ0) is 15.4. The van der Waals surface area contributed by atoms with Crippen molar-refractivity contribution in [2.24, 2.45) is 0 Å². The Morgan fingerprint density at radius 3 is 2.86 bits per heavy atom. The van der Waals surface area contributed by atoms with Crippen LogP contribution in [-0.2, 0) is 0 Å². The summed E-state index contributed by atoms with van der Waals surface area (Å²) in [6, 6.07) is 5.93. The van der Waals surface area contributed by atoms with Gasteiger partial charge in [0.1, 0.15) is 0 Å². The first-order valence-corrected chi connectivity index (χ1v) is 7.62. The number of hydrogen-bond acceptors (Lipinski definition) is 4. The molecule has 1 fully saturated rings. The predicted octanol–water partition coefficient (Wildman–Crippen LogP) is 1.55. The quantitative estimate of drug-likeness (QED) is 0.808. The molecule has 2 rings (SSSR count). The van der Waals surface area contributed by atoms with E-state index in [0.717, 1.165) is 25.2 Å². The minimum atomic E-state index is -0.0463. The van der Waals surface area contributed by atoms with Crippen LogP contribution in [0.2, 0.25) is 0 Å². The molecule has 5 heteroatoms. The minimum Gasteiger partial charge on any atom is -0.397 e. The second-order valence-corrected chi connectivity index (χ2v) is 5.80. The maximum atomic E-state index is 12.2. The third kappa shape index (κ3) is 3.67. The van der Waals surface area contributed by atoms with Gasteiger partial charge in [-0.15, -0.1) is 0 Å². The highest BCUT2D eigenvalue weighted by molar-refractivity contribution is 5.96. The van der Waals surface area contributed by atoms with Crippen LogP contribution in [0.1, 0.15) is 30.1 Å². The van der Waals surface area contributed by atoms with Crippen molar-refractivity contribution < 1.29 is 4.79 Å². The number of nitrogens with zero attached hydrogens (tertiary/aromatic N) is 2. The summed E-state index contributed by atoms with van der Waals surface area (Å²) in [5, 5.41) is 3.03. The topological polar surface area (TPSA) is 61.6 Å². The van der Waals surface area contributed by atoms with Crippen molar-refractivity contribution in [3.8, 4) is 0 Å². The number of amides is 1. The fourth-order valence-corrected chi connectivity index (χ4v) is 2.96. The molecule has 1 amide bonds. The third-order valence-corrected chi connectivity index (χ3v) is 4.18. The van der Waals surface area contributed by atoms with Crippen molar-refractivity contribution in [1.82, 2.24) is 10.2 Å². The summed E-state index contributed by atoms with van der Waals surface area (Å²) in [5.41, 5.74) is 8.17. The highest BCUT2D eigenvalue weighted by Crippen LogP contribution is 2.22. The molecule has 5 nitrogen and oxygen atoms in total. The lowest BCUT2D eigenvalue weighted by Crippen LogP contribution is -2.40. The zero-order valence-electron chi connectivity index (χ0n) is 13.2. The van der Waals surface area contributed by atoms with Gasteiger partial charge in [-0.2, -0.15) is 0 Å². The van der Waals surface area contributed by atoms with Crippen molar-refractivity contribution in [1.29, 1.82) is 0 Å². The SMILES string of the molecule is CCN1CCCC1CNC(=O)c1ccc(N(C)C)c(N)c1. The molecule has 0 saturated carbocycles. The molecule has 1 heterocycles. The number of carbonyl (C=O) groups excluding carboxylic acids is 1. The Bertz CT molecular complexity index is 501. The Morgan fingerprint density at radius 1 is 1.48 bits per heavy atom. The van der Waals surface area contributed by atoms with E-state index < -0.39 is 0 Å². The van der Waals surface area contributed by atoms with Crippen LogP contribution in [0.5, 0.6) is 0 Å². The molecule has 0 aliphatic carbocycles. The summed E-state index contributed by atoms with van der Waals surface area (Å²) in [4.78, 5) is 16.6. The molecule has 0 radical (unpaired) electrons. The largest absolute Gasteiger partial charge is 0.397 e. The molecule has 1 aliphatic heterocycles. The normalized spacial score (nSPS) is 18.7. The lowest BCUT2D eigenvalue weighted by Gasteiger charge is -2.23. The first-order chi connectivity index (χ1) is 10.0. The number of anilines is 2. The van der Waals surface area contributed by atoms with E-state index in [0.29, 0.717) is 23.8 Å². The number of nitrogen functional groups attached to an aromatic ring is 1. The average molecular weight is 290 g/mol. The van der Waals surface area contributed by atoms with E-state index in [9.17, 15) is 4.79 Å². The van der Waals surface area contributed by atoms with Crippen LogP contribution >= 0.6 is 0 Å². The summed E-state index contributed by atoms with van der Waals surface area (Å²) in [5.74, 6) is -0.0463. The highest BCUT2D eigenvalue weighted by Gasteiger charge is 2.23. The van der Waals surface area contributed by atoms with E-state index in [1.807, 2.05) is 31.1 Å². The number of carbonyl (C=O) groups is 1. The van der Waals surface area contributed by atoms with Crippen molar-refractivity contribution in [2.75, 3.05) is 44.4 Å². The summed E-state index contributed by atoms with van der Waals surface area (Å²) in [6.07, 6.45) is 2.38. The summed E-state index contributed by atoms with van der Waals surface area (Å²) < 4.78 is 0. The summed E-state index contributed by atoms with van der Waals surface area (Å²) in [7, 11) is 3.87. The molecule has 21 heavy (non-hydrogen) atoms. The number of likely N-dealkylation sites (tertiary alicyclic amines) is 1. The van der Waals surface area contributed by atoms with Crippen LogP contribution in [0.25, 0.3) is 0 Å². The van der Waals surface area contributed by atoms with E-state index in [-0.39, 0.29) is 5.91 Å². The maximum absolute atomic E-state index is 12.2. The maximum Gasteiger partial charge on any atom is 0.251 e. The van der Waals surface area contributed by atoms with Gasteiger partial charge in [0.05, 0.1) is 11.4 Å². The van der Waals surface area contributed by atoms with Crippen LogP contribution in [0.3, 0.4) is 0 Å². The third-order valence-electron chi connectivity index (χ3n) is 4.18. The first-order valence-electron chi connectivity index (χ1n) is 7.62. The zero-order valence-corrected chi connectivity index (χ0v) is 13.2. The van der Waals surface area contributed by atoms with Crippen molar-refractivity contribution in [3.05, 3.63) is 23.8 Å². The Balaban J connectivity index is 1.96. The van der Waals surface area contributed by atoms with E-state index in [1.165, 1.54) is 6.42 Å². The molecule has 1 aromatic carbocycles. The first kappa shape index (κ1) is 15.6. The van der Waals surface area contributed by atoms with E-state index >= 15 is 0 Å². The van der Waals surface area contributed by atoms with Crippen LogP contribution in [0.4, 0.5) is 11.4 Å². The predicted molar refractivity (Wildman–Crippen MR) is 87.8 cm³/mol. The Kier molecular flexibility index (Phi) is 5.07. The number of nitrogens with two attached hydrogens (primary N) is 1. The van der Waals surface area contributed by atoms with Gasteiger partial charge in [0.15, 0.2) is 0 Å². The lowest BCUT2D eigenvalue weighted by atomic mass is 10.1. The van der Waals surface area contributed by atoms with Gasteiger partial charge in [-0.25, -0.2) is 0 Å². The molecule has 0 bridgehead atoms. The Hall–Kier alpha value is -1.75. The lowest BCUT2D eigenvalue weighted by molar-refractivity contribution is 0.0941. The summed E-state index contributed by atoms with van der Waals surface area (Å²) >= 11 is 0.